The molecule has 1 saturated heterocycles. The van der Waals surface area contributed by atoms with Crippen LogP contribution in [-0.2, 0) is 0 Å². The van der Waals surface area contributed by atoms with Gasteiger partial charge in [0.2, 0.25) is 0 Å². The van der Waals surface area contributed by atoms with Crippen LogP contribution in [0.1, 0.15) is 15.9 Å². The summed E-state index contributed by atoms with van der Waals surface area (Å²) in [5, 5.41) is 9.13. The number of carbonyl (C=O) groups excluding carboxylic acids is 1. The van der Waals surface area contributed by atoms with E-state index in [4.69, 9.17) is 5.11 Å². The maximum Gasteiger partial charge on any atom is 0.255 e. The highest BCUT2D eigenvalue weighted by Gasteiger charge is 2.30. The number of amides is 1. The third kappa shape index (κ3) is 2.06. The fraction of sp³-hybridized carbons (Fsp3) is 0.364. The Morgan fingerprint density at radius 2 is 2.20 bits per heavy atom. The standard InChI is InChI=1S/C11H12BrNO2/c1-7-2-3-10(12)9(4-7)11(15)13-5-8(14)6-13/h2-4,8,14H,5-6H2,1H3. The van der Waals surface area contributed by atoms with Crippen molar-refractivity contribution in [1.29, 1.82) is 0 Å². The minimum absolute atomic E-state index is 0.0177. The maximum atomic E-state index is 11.9. The Morgan fingerprint density at radius 1 is 1.53 bits per heavy atom. The molecule has 0 aliphatic carbocycles. The van der Waals surface area contributed by atoms with E-state index in [-0.39, 0.29) is 12.0 Å². The third-order valence-electron chi connectivity index (χ3n) is 2.50. The smallest absolute Gasteiger partial charge is 0.255 e. The summed E-state index contributed by atoms with van der Waals surface area (Å²) in [6, 6.07) is 5.68. The van der Waals surface area contributed by atoms with E-state index in [1.807, 2.05) is 25.1 Å². The predicted octanol–water partition coefficient (Wildman–Crippen LogP) is 1.57. The van der Waals surface area contributed by atoms with Gasteiger partial charge < -0.3 is 10.0 Å². The van der Waals surface area contributed by atoms with Crippen LogP contribution in [0.4, 0.5) is 0 Å². The van der Waals surface area contributed by atoms with Gasteiger partial charge in [-0.3, -0.25) is 4.79 Å². The van der Waals surface area contributed by atoms with Gasteiger partial charge in [-0.2, -0.15) is 0 Å². The van der Waals surface area contributed by atoms with Crippen molar-refractivity contribution < 1.29 is 9.90 Å². The second-order valence-corrected chi connectivity index (χ2v) is 4.70. The third-order valence-corrected chi connectivity index (χ3v) is 3.19. The molecule has 0 saturated carbocycles. The molecule has 0 atom stereocenters. The molecule has 1 fully saturated rings. The number of nitrogens with zero attached hydrogens (tertiary/aromatic N) is 1. The SMILES string of the molecule is Cc1ccc(Br)c(C(=O)N2CC(O)C2)c1. The van der Waals surface area contributed by atoms with Crippen molar-refractivity contribution in [2.24, 2.45) is 0 Å². The van der Waals surface area contributed by atoms with E-state index < -0.39 is 0 Å². The van der Waals surface area contributed by atoms with Crippen molar-refractivity contribution in [3.8, 4) is 0 Å². The zero-order chi connectivity index (χ0) is 11.0. The molecule has 1 N–H and O–H groups in total. The molecule has 15 heavy (non-hydrogen) atoms. The van der Waals surface area contributed by atoms with Gasteiger partial charge in [0.05, 0.1) is 11.7 Å². The molecule has 1 aliphatic heterocycles. The number of β-amino-alcohol motifs (C(OH)–C–C–N with tert-alkyl or cyclic N) is 1. The Balaban J connectivity index is 2.22. The zero-order valence-electron chi connectivity index (χ0n) is 8.40. The molecule has 2 rings (SSSR count). The summed E-state index contributed by atoms with van der Waals surface area (Å²) < 4.78 is 0.805. The van der Waals surface area contributed by atoms with E-state index >= 15 is 0 Å². The fourth-order valence-corrected chi connectivity index (χ4v) is 2.01. The number of aliphatic hydroxyl groups is 1. The van der Waals surface area contributed by atoms with Crippen molar-refractivity contribution in [1.82, 2.24) is 4.90 Å². The molecule has 0 radical (unpaired) electrons. The Bertz CT molecular complexity index is 400. The minimum Gasteiger partial charge on any atom is -0.389 e. The molecule has 80 valence electrons. The molecule has 1 aromatic rings. The van der Waals surface area contributed by atoms with Gasteiger partial charge >= 0.3 is 0 Å². The van der Waals surface area contributed by atoms with Crippen LogP contribution in [0.15, 0.2) is 22.7 Å². The largest absolute Gasteiger partial charge is 0.389 e. The van der Waals surface area contributed by atoms with Crippen molar-refractivity contribution in [2.45, 2.75) is 13.0 Å². The van der Waals surface area contributed by atoms with Gasteiger partial charge in [0.15, 0.2) is 0 Å². The van der Waals surface area contributed by atoms with Crippen molar-refractivity contribution >= 4 is 21.8 Å². The maximum absolute atomic E-state index is 11.9. The number of likely N-dealkylation sites (tertiary alicyclic amines) is 1. The first-order chi connectivity index (χ1) is 7.08. The highest BCUT2D eigenvalue weighted by Crippen LogP contribution is 2.22. The Morgan fingerprint density at radius 3 is 2.80 bits per heavy atom. The molecular weight excluding hydrogens is 258 g/mol. The van der Waals surface area contributed by atoms with Crippen molar-refractivity contribution in [3.63, 3.8) is 0 Å². The van der Waals surface area contributed by atoms with Gasteiger partial charge in [0.1, 0.15) is 0 Å². The number of aliphatic hydroxyl groups excluding tert-OH is 1. The molecule has 0 aromatic heterocycles. The molecular formula is C11H12BrNO2. The van der Waals surface area contributed by atoms with Crippen LogP contribution in [0.3, 0.4) is 0 Å². The number of hydrogen-bond donors (Lipinski definition) is 1. The monoisotopic (exact) mass is 269 g/mol. The second-order valence-electron chi connectivity index (χ2n) is 3.85. The van der Waals surface area contributed by atoms with Crippen LogP contribution in [0.25, 0.3) is 0 Å². The lowest BCUT2D eigenvalue weighted by Gasteiger charge is -2.36. The fourth-order valence-electron chi connectivity index (χ4n) is 1.59. The van der Waals surface area contributed by atoms with E-state index in [0.29, 0.717) is 18.7 Å². The summed E-state index contributed by atoms with van der Waals surface area (Å²) in [5.41, 5.74) is 1.73. The molecule has 3 nitrogen and oxygen atoms in total. The summed E-state index contributed by atoms with van der Waals surface area (Å²) in [5.74, 6) is -0.0177. The van der Waals surface area contributed by atoms with E-state index in [2.05, 4.69) is 15.9 Å². The average molecular weight is 270 g/mol. The molecule has 0 spiro atoms. The lowest BCUT2D eigenvalue weighted by molar-refractivity contribution is 0.00583. The van der Waals surface area contributed by atoms with Crippen LogP contribution in [0, 0.1) is 6.92 Å². The Kier molecular flexibility index (Phi) is 2.80. The van der Waals surface area contributed by atoms with E-state index in [9.17, 15) is 4.79 Å². The summed E-state index contributed by atoms with van der Waals surface area (Å²) in [6.07, 6.45) is -0.350. The van der Waals surface area contributed by atoms with E-state index in [0.717, 1.165) is 10.0 Å². The first kappa shape index (κ1) is 10.6. The topological polar surface area (TPSA) is 40.5 Å². The summed E-state index contributed by atoms with van der Waals surface area (Å²) in [7, 11) is 0. The molecule has 1 amide bonds. The molecule has 1 aromatic carbocycles. The van der Waals surface area contributed by atoms with Crippen LogP contribution in [0.5, 0.6) is 0 Å². The first-order valence-corrected chi connectivity index (χ1v) is 5.60. The Labute approximate surface area is 96.8 Å². The molecule has 1 aliphatic rings. The number of rotatable bonds is 1. The van der Waals surface area contributed by atoms with Gasteiger partial charge in [-0.1, -0.05) is 11.6 Å². The molecule has 0 unspecified atom stereocenters. The summed E-state index contributed by atoms with van der Waals surface area (Å²) >= 11 is 3.36. The number of hydrogen-bond acceptors (Lipinski definition) is 2. The molecule has 1 heterocycles. The van der Waals surface area contributed by atoms with Crippen molar-refractivity contribution in [3.05, 3.63) is 33.8 Å². The molecule has 0 bridgehead atoms. The predicted molar refractivity (Wildman–Crippen MR) is 60.8 cm³/mol. The quantitative estimate of drug-likeness (QED) is 0.841. The number of aryl methyl sites for hydroxylation is 1. The average Bonchev–Trinajstić information content (AvgIpc) is 2.16. The van der Waals surface area contributed by atoms with Crippen LogP contribution in [0.2, 0.25) is 0 Å². The minimum atomic E-state index is -0.350. The van der Waals surface area contributed by atoms with Crippen LogP contribution in [-0.4, -0.2) is 35.1 Å². The van der Waals surface area contributed by atoms with Gasteiger partial charge in [0, 0.05) is 17.6 Å². The van der Waals surface area contributed by atoms with Gasteiger partial charge in [-0.15, -0.1) is 0 Å². The number of carbonyl (C=O) groups is 1. The molecule has 4 heteroatoms. The zero-order valence-corrected chi connectivity index (χ0v) is 9.99. The van der Waals surface area contributed by atoms with E-state index in [1.165, 1.54) is 0 Å². The lowest BCUT2D eigenvalue weighted by atomic mass is 10.1. The van der Waals surface area contributed by atoms with Crippen LogP contribution < -0.4 is 0 Å². The van der Waals surface area contributed by atoms with Crippen LogP contribution >= 0.6 is 15.9 Å². The first-order valence-electron chi connectivity index (χ1n) is 4.81. The summed E-state index contributed by atoms with van der Waals surface area (Å²) in [4.78, 5) is 13.6. The lowest BCUT2D eigenvalue weighted by Crippen LogP contribution is -2.53. The van der Waals surface area contributed by atoms with E-state index in [1.54, 1.807) is 4.90 Å². The highest BCUT2D eigenvalue weighted by atomic mass is 79.9. The van der Waals surface area contributed by atoms with Crippen molar-refractivity contribution in [2.75, 3.05) is 13.1 Å². The normalized spacial score (nSPS) is 16.3. The second kappa shape index (κ2) is 3.94. The number of benzene rings is 1. The Hall–Kier alpha value is -0.870. The summed E-state index contributed by atoms with van der Waals surface area (Å²) in [6.45, 7) is 2.84. The van der Waals surface area contributed by atoms with Gasteiger partial charge in [-0.05, 0) is 35.0 Å². The highest BCUT2D eigenvalue weighted by molar-refractivity contribution is 9.10. The number of halogens is 1. The van der Waals surface area contributed by atoms with Gasteiger partial charge in [-0.25, -0.2) is 0 Å². The van der Waals surface area contributed by atoms with Gasteiger partial charge in [0.25, 0.3) is 5.91 Å².